The van der Waals surface area contributed by atoms with Gasteiger partial charge in [0.25, 0.3) is 0 Å². The fourth-order valence-electron chi connectivity index (χ4n) is 2.63. The maximum absolute atomic E-state index is 5.77. The highest BCUT2D eigenvalue weighted by molar-refractivity contribution is 9.10. The largest absolute Gasteiger partial charge is 0.490 e. The summed E-state index contributed by atoms with van der Waals surface area (Å²) >= 11 is 3.59. The zero-order chi connectivity index (χ0) is 13.8. The molecule has 1 unspecified atom stereocenters. The van der Waals surface area contributed by atoms with Crippen LogP contribution in [0.25, 0.3) is 0 Å². The van der Waals surface area contributed by atoms with Crippen LogP contribution in [0.2, 0.25) is 0 Å². The third kappa shape index (κ3) is 3.36. The van der Waals surface area contributed by atoms with E-state index in [0.717, 1.165) is 48.6 Å². The number of halogens is 1. The highest BCUT2D eigenvalue weighted by atomic mass is 79.9. The SMILES string of the molecule is Brc1cc(CNC2CC=CCC2)cc2c1OCCCO2. The van der Waals surface area contributed by atoms with Crippen LogP contribution in [0, 0.1) is 0 Å². The average Bonchev–Trinajstić information content (AvgIpc) is 2.72. The quantitative estimate of drug-likeness (QED) is 0.850. The molecule has 0 bridgehead atoms. The molecule has 3 nitrogen and oxygen atoms in total. The predicted octanol–water partition coefficient (Wildman–Crippen LogP) is 3.81. The van der Waals surface area contributed by atoms with Gasteiger partial charge < -0.3 is 14.8 Å². The lowest BCUT2D eigenvalue weighted by atomic mass is 10.0. The molecule has 0 radical (unpaired) electrons. The van der Waals surface area contributed by atoms with E-state index in [1.807, 2.05) is 0 Å². The van der Waals surface area contributed by atoms with Crippen molar-refractivity contribution in [3.8, 4) is 11.5 Å². The van der Waals surface area contributed by atoms with Gasteiger partial charge in [0.15, 0.2) is 11.5 Å². The summed E-state index contributed by atoms with van der Waals surface area (Å²) in [4.78, 5) is 0. The van der Waals surface area contributed by atoms with Gasteiger partial charge in [0.2, 0.25) is 0 Å². The van der Waals surface area contributed by atoms with E-state index in [2.05, 4.69) is 45.5 Å². The maximum atomic E-state index is 5.77. The molecular formula is C16H20BrNO2. The van der Waals surface area contributed by atoms with Crippen LogP contribution >= 0.6 is 15.9 Å². The highest BCUT2D eigenvalue weighted by Crippen LogP contribution is 2.38. The number of rotatable bonds is 3. The van der Waals surface area contributed by atoms with Crippen LogP contribution in [-0.2, 0) is 6.54 Å². The molecule has 0 saturated heterocycles. The molecule has 0 aromatic heterocycles. The summed E-state index contributed by atoms with van der Waals surface area (Å²) in [5.41, 5.74) is 1.23. The molecular weight excluding hydrogens is 318 g/mol. The topological polar surface area (TPSA) is 30.5 Å². The summed E-state index contributed by atoms with van der Waals surface area (Å²) in [6.07, 6.45) is 9.01. The molecule has 0 spiro atoms. The van der Waals surface area contributed by atoms with E-state index in [4.69, 9.17) is 9.47 Å². The van der Waals surface area contributed by atoms with E-state index in [1.165, 1.54) is 18.4 Å². The Labute approximate surface area is 128 Å². The number of nitrogens with one attached hydrogen (secondary N) is 1. The van der Waals surface area contributed by atoms with Crippen LogP contribution in [0.1, 0.15) is 31.2 Å². The fraction of sp³-hybridized carbons (Fsp3) is 0.500. The Bertz CT molecular complexity index is 501. The number of hydrogen-bond acceptors (Lipinski definition) is 3. The molecule has 1 N–H and O–H groups in total. The van der Waals surface area contributed by atoms with Crippen molar-refractivity contribution in [3.05, 3.63) is 34.3 Å². The number of hydrogen-bond donors (Lipinski definition) is 1. The van der Waals surface area contributed by atoms with Gasteiger partial charge in [-0.2, -0.15) is 0 Å². The summed E-state index contributed by atoms with van der Waals surface area (Å²) in [6.45, 7) is 2.31. The minimum atomic E-state index is 0.592. The smallest absolute Gasteiger partial charge is 0.175 e. The van der Waals surface area contributed by atoms with Crippen molar-refractivity contribution in [2.75, 3.05) is 13.2 Å². The second-order valence-electron chi connectivity index (χ2n) is 5.32. The first-order valence-electron chi connectivity index (χ1n) is 7.29. The maximum Gasteiger partial charge on any atom is 0.175 e. The molecule has 4 heteroatoms. The van der Waals surface area contributed by atoms with Crippen molar-refractivity contribution in [2.24, 2.45) is 0 Å². The molecule has 1 aromatic carbocycles. The Morgan fingerprint density at radius 1 is 1.20 bits per heavy atom. The Morgan fingerprint density at radius 3 is 2.95 bits per heavy atom. The van der Waals surface area contributed by atoms with Gasteiger partial charge >= 0.3 is 0 Å². The van der Waals surface area contributed by atoms with E-state index in [9.17, 15) is 0 Å². The molecule has 2 aliphatic rings. The van der Waals surface area contributed by atoms with Crippen LogP contribution in [-0.4, -0.2) is 19.3 Å². The van der Waals surface area contributed by atoms with Crippen molar-refractivity contribution >= 4 is 15.9 Å². The van der Waals surface area contributed by atoms with Gasteiger partial charge in [-0.3, -0.25) is 0 Å². The minimum absolute atomic E-state index is 0.592. The lowest BCUT2D eigenvalue weighted by Crippen LogP contribution is -2.29. The molecule has 1 aliphatic heterocycles. The minimum Gasteiger partial charge on any atom is -0.490 e. The summed E-state index contributed by atoms with van der Waals surface area (Å²) < 4.78 is 12.5. The van der Waals surface area contributed by atoms with E-state index >= 15 is 0 Å². The van der Waals surface area contributed by atoms with Gasteiger partial charge in [-0.1, -0.05) is 12.2 Å². The van der Waals surface area contributed by atoms with Gasteiger partial charge in [0.1, 0.15) is 0 Å². The van der Waals surface area contributed by atoms with Crippen LogP contribution in [0.4, 0.5) is 0 Å². The Morgan fingerprint density at radius 2 is 2.10 bits per heavy atom. The van der Waals surface area contributed by atoms with Gasteiger partial charge in [-0.05, 0) is 52.9 Å². The summed E-state index contributed by atoms with van der Waals surface area (Å²) in [6, 6.07) is 4.81. The first-order valence-corrected chi connectivity index (χ1v) is 8.08. The molecule has 1 aromatic rings. The fourth-order valence-corrected chi connectivity index (χ4v) is 3.23. The molecule has 1 aliphatic carbocycles. The van der Waals surface area contributed by atoms with Crippen molar-refractivity contribution < 1.29 is 9.47 Å². The standard InChI is InChI=1S/C16H20BrNO2/c17-14-9-12(11-18-13-5-2-1-3-6-13)10-15-16(14)20-8-4-7-19-15/h1-2,9-10,13,18H,3-8,11H2. The first-order chi connectivity index (χ1) is 9.83. The lowest BCUT2D eigenvalue weighted by molar-refractivity contribution is 0.296. The van der Waals surface area contributed by atoms with Gasteiger partial charge in [-0.25, -0.2) is 0 Å². The van der Waals surface area contributed by atoms with Crippen molar-refractivity contribution in [3.63, 3.8) is 0 Å². The van der Waals surface area contributed by atoms with E-state index in [1.54, 1.807) is 0 Å². The van der Waals surface area contributed by atoms with E-state index < -0.39 is 0 Å². The highest BCUT2D eigenvalue weighted by Gasteiger charge is 2.16. The summed E-state index contributed by atoms with van der Waals surface area (Å²) in [7, 11) is 0. The monoisotopic (exact) mass is 337 g/mol. The third-order valence-corrected chi connectivity index (χ3v) is 4.31. The summed E-state index contributed by atoms with van der Waals surface area (Å²) in [5, 5.41) is 3.62. The Balaban J connectivity index is 1.69. The Hall–Kier alpha value is -1.00. The van der Waals surface area contributed by atoms with Crippen LogP contribution < -0.4 is 14.8 Å². The molecule has 20 heavy (non-hydrogen) atoms. The molecule has 1 atom stereocenters. The second-order valence-corrected chi connectivity index (χ2v) is 6.17. The number of ether oxygens (including phenoxy) is 2. The number of fused-ring (bicyclic) bond motifs is 1. The molecule has 108 valence electrons. The number of benzene rings is 1. The predicted molar refractivity (Wildman–Crippen MR) is 83.4 cm³/mol. The van der Waals surface area contributed by atoms with Gasteiger partial charge in [0.05, 0.1) is 17.7 Å². The molecule has 0 saturated carbocycles. The van der Waals surface area contributed by atoms with Crippen molar-refractivity contribution in [2.45, 2.75) is 38.3 Å². The van der Waals surface area contributed by atoms with E-state index in [0.29, 0.717) is 6.04 Å². The van der Waals surface area contributed by atoms with Gasteiger partial charge in [0, 0.05) is 19.0 Å². The molecule has 1 heterocycles. The lowest BCUT2D eigenvalue weighted by Gasteiger charge is -2.20. The third-order valence-electron chi connectivity index (χ3n) is 3.73. The Kier molecular flexibility index (Phi) is 4.63. The van der Waals surface area contributed by atoms with Crippen molar-refractivity contribution in [1.29, 1.82) is 0 Å². The van der Waals surface area contributed by atoms with Crippen LogP contribution in [0.3, 0.4) is 0 Å². The van der Waals surface area contributed by atoms with Crippen LogP contribution in [0.5, 0.6) is 11.5 Å². The first kappa shape index (κ1) is 14.0. The van der Waals surface area contributed by atoms with Crippen molar-refractivity contribution in [1.82, 2.24) is 5.32 Å². The second kappa shape index (κ2) is 6.64. The normalized spacial score (nSPS) is 21.6. The molecule has 3 rings (SSSR count). The molecule has 0 fully saturated rings. The molecule has 0 amide bonds. The zero-order valence-electron chi connectivity index (χ0n) is 11.5. The van der Waals surface area contributed by atoms with Gasteiger partial charge in [-0.15, -0.1) is 0 Å². The number of allylic oxidation sites excluding steroid dienone is 1. The summed E-state index contributed by atoms with van der Waals surface area (Å²) in [5.74, 6) is 1.70. The zero-order valence-corrected chi connectivity index (χ0v) is 13.1. The average molecular weight is 338 g/mol. The van der Waals surface area contributed by atoms with E-state index in [-0.39, 0.29) is 0 Å². The van der Waals surface area contributed by atoms with Crippen LogP contribution in [0.15, 0.2) is 28.8 Å².